The summed E-state index contributed by atoms with van der Waals surface area (Å²) in [6, 6.07) is 13.2. The van der Waals surface area contributed by atoms with E-state index in [4.69, 9.17) is 0 Å². The Morgan fingerprint density at radius 3 is 2.78 bits per heavy atom. The molecule has 2 aliphatic rings. The first-order chi connectivity index (χ1) is 13.0. The Labute approximate surface area is 160 Å². The number of hydrogen-bond donors (Lipinski definition) is 2. The lowest BCUT2D eigenvalue weighted by Crippen LogP contribution is -2.32. The monoisotopic (exact) mass is 360 g/mol. The second-order valence-corrected chi connectivity index (χ2v) is 7.59. The summed E-state index contributed by atoms with van der Waals surface area (Å²) in [6.07, 6.45) is 5.63. The van der Waals surface area contributed by atoms with E-state index in [2.05, 4.69) is 55.3 Å². The number of fused-ring (bicyclic) bond motifs is 1. The highest BCUT2D eigenvalue weighted by Crippen LogP contribution is 2.41. The second kappa shape index (κ2) is 7.07. The predicted molar refractivity (Wildman–Crippen MR) is 112 cm³/mol. The van der Waals surface area contributed by atoms with Crippen molar-refractivity contribution >= 4 is 11.3 Å². The van der Waals surface area contributed by atoms with Gasteiger partial charge < -0.3 is 10.6 Å². The molecule has 27 heavy (non-hydrogen) atoms. The Hall–Kier alpha value is -2.81. The van der Waals surface area contributed by atoms with Crippen LogP contribution in [0.3, 0.4) is 0 Å². The Kier molecular flexibility index (Phi) is 4.61. The molecule has 2 aliphatic heterocycles. The van der Waals surface area contributed by atoms with Crippen LogP contribution in [0.1, 0.15) is 25.8 Å². The van der Waals surface area contributed by atoms with E-state index in [1.54, 1.807) is 12.1 Å². The van der Waals surface area contributed by atoms with E-state index in [1.807, 2.05) is 12.1 Å². The van der Waals surface area contributed by atoms with Crippen molar-refractivity contribution in [2.24, 2.45) is 5.92 Å². The van der Waals surface area contributed by atoms with Gasteiger partial charge in [-0.2, -0.15) is 0 Å². The van der Waals surface area contributed by atoms with Crippen LogP contribution in [0.25, 0.3) is 16.7 Å². The zero-order valence-electron chi connectivity index (χ0n) is 15.9. The first kappa shape index (κ1) is 17.6. The van der Waals surface area contributed by atoms with Gasteiger partial charge in [0.15, 0.2) is 0 Å². The maximum absolute atomic E-state index is 13.9. The Morgan fingerprint density at radius 1 is 1.19 bits per heavy atom. The third-order valence-electron chi connectivity index (χ3n) is 5.28. The average Bonchev–Trinajstić information content (AvgIpc) is 2.63. The number of anilines is 1. The van der Waals surface area contributed by atoms with Crippen LogP contribution in [-0.4, -0.2) is 12.6 Å². The minimum atomic E-state index is -0.221. The first-order valence-electron chi connectivity index (χ1n) is 9.49. The topological polar surface area (TPSA) is 24.1 Å². The maximum atomic E-state index is 13.9. The van der Waals surface area contributed by atoms with Gasteiger partial charge >= 0.3 is 0 Å². The number of hydrogen-bond acceptors (Lipinski definition) is 2. The summed E-state index contributed by atoms with van der Waals surface area (Å²) in [7, 11) is 0. The minimum Gasteiger partial charge on any atom is -0.383 e. The summed E-state index contributed by atoms with van der Waals surface area (Å²) in [6.45, 7) is 9.39. The van der Waals surface area contributed by atoms with Crippen LogP contribution >= 0.6 is 0 Å². The molecule has 0 spiro atoms. The van der Waals surface area contributed by atoms with Gasteiger partial charge in [-0.1, -0.05) is 49.9 Å². The number of rotatable bonds is 2. The predicted octanol–water partition coefficient (Wildman–Crippen LogP) is 5.76. The molecule has 4 rings (SSSR count). The smallest absolute Gasteiger partial charge is 0.123 e. The third-order valence-corrected chi connectivity index (χ3v) is 5.28. The molecule has 2 unspecified atom stereocenters. The van der Waals surface area contributed by atoms with Crippen LogP contribution in [-0.2, 0) is 0 Å². The lowest BCUT2D eigenvalue weighted by molar-refractivity contribution is 0.499. The summed E-state index contributed by atoms with van der Waals surface area (Å²) >= 11 is 0. The van der Waals surface area contributed by atoms with Crippen molar-refractivity contribution in [2.45, 2.75) is 26.3 Å². The standard InChI is InChI=1S/C24H25FN2/c1-15-10-17(3)27-20(11-15)13-22-16(2)14-26-23-9-5-8-21(24(22)23)18-6-4-7-19(25)12-18/h4-10,12-13,15,20,26-27H,2,11,14H2,1,3H3/b22-13+. The van der Waals surface area contributed by atoms with E-state index in [0.717, 1.165) is 46.5 Å². The number of benzene rings is 2. The van der Waals surface area contributed by atoms with Gasteiger partial charge in [0.25, 0.3) is 0 Å². The summed E-state index contributed by atoms with van der Waals surface area (Å²) in [5.41, 5.74) is 7.54. The minimum absolute atomic E-state index is 0.221. The van der Waals surface area contributed by atoms with Gasteiger partial charge in [-0.3, -0.25) is 0 Å². The van der Waals surface area contributed by atoms with E-state index in [1.165, 1.54) is 11.8 Å². The fourth-order valence-corrected chi connectivity index (χ4v) is 4.17. The molecule has 0 aliphatic carbocycles. The van der Waals surface area contributed by atoms with Crippen molar-refractivity contribution in [1.82, 2.24) is 5.32 Å². The average molecular weight is 360 g/mol. The van der Waals surface area contributed by atoms with Crippen molar-refractivity contribution in [2.75, 3.05) is 11.9 Å². The lowest BCUT2D eigenvalue weighted by Gasteiger charge is -2.30. The van der Waals surface area contributed by atoms with Gasteiger partial charge in [0.2, 0.25) is 0 Å². The molecule has 0 saturated carbocycles. The Morgan fingerprint density at radius 2 is 2.00 bits per heavy atom. The Bertz CT molecular complexity index is 955. The quantitative estimate of drug-likeness (QED) is 0.711. The van der Waals surface area contributed by atoms with Crippen molar-refractivity contribution in [3.8, 4) is 11.1 Å². The highest BCUT2D eigenvalue weighted by atomic mass is 19.1. The van der Waals surface area contributed by atoms with Gasteiger partial charge in [0, 0.05) is 29.5 Å². The molecular weight excluding hydrogens is 335 g/mol. The maximum Gasteiger partial charge on any atom is 0.123 e. The van der Waals surface area contributed by atoms with Gasteiger partial charge in [-0.15, -0.1) is 0 Å². The summed E-state index contributed by atoms with van der Waals surface area (Å²) in [4.78, 5) is 0. The van der Waals surface area contributed by atoms with Crippen molar-refractivity contribution < 1.29 is 4.39 Å². The summed E-state index contributed by atoms with van der Waals surface area (Å²) in [5, 5.41) is 7.03. The molecule has 0 amide bonds. The fourth-order valence-electron chi connectivity index (χ4n) is 4.17. The Balaban J connectivity index is 1.83. The van der Waals surface area contributed by atoms with Gasteiger partial charge in [0.05, 0.1) is 0 Å². The fraction of sp³-hybridized carbons (Fsp3) is 0.250. The number of halogens is 1. The largest absolute Gasteiger partial charge is 0.383 e. The second-order valence-electron chi connectivity index (χ2n) is 7.59. The molecule has 2 aromatic rings. The zero-order valence-corrected chi connectivity index (χ0v) is 15.9. The molecule has 0 aromatic heterocycles. The molecular formula is C24H25FN2. The molecule has 2 aromatic carbocycles. The van der Waals surface area contributed by atoms with Crippen LogP contribution in [0.15, 0.2) is 72.5 Å². The van der Waals surface area contributed by atoms with Gasteiger partial charge in [-0.05, 0) is 59.7 Å². The lowest BCUT2D eigenvalue weighted by atomic mass is 9.84. The molecule has 138 valence electrons. The molecule has 3 heteroatoms. The molecule has 2 N–H and O–H groups in total. The number of nitrogens with one attached hydrogen (secondary N) is 2. The van der Waals surface area contributed by atoms with Gasteiger partial charge in [0.1, 0.15) is 5.82 Å². The van der Waals surface area contributed by atoms with Crippen LogP contribution in [0.2, 0.25) is 0 Å². The summed E-state index contributed by atoms with van der Waals surface area (Å²) in [5.74, 6) is 0.322. The van der Waals surface area contributed by atoms with Crippen molar-refractivity contribution in [3.63, 3.8) is 0 Å². The van der Waals surface area contributed by atoms with Crippen LogP contribution in [0.5, 0.6) is 0 Å². The van der Waals surface area contributed by atoms with E-state index < -0.39 is 0 Å². The number of allylic oxidation sites excluding steroid dienone is 2. The van der Waals surface area contributed by atoms with E-state index >= 15 is 0 Å². The van der Waals surface area contributed by atoms with E-state index in [-0.39, 0.29) is 11.9 Å². The molecule has 0 radical (unpaired) electrons. The van der Waals surface area contributed by atoms with Crippen LogP contribution < -0.4 is 10.6 Å². The molecule has 2 nitrogen and oxygen atoms in total. The SMILES string of the molecule is C=C1CNc2cccc(-c3cccc(F)c3)c2/C1=C/C1CC(C)C=C(C)N1. The zero-order chi connectivity index (χ0) is 19.0. The van der Waals surface area contributed by atoms with Crippen molar-refractivity contribution in [3.05, 3.63) is 83.8 Å². The summed E-state index contributed by atoms with van der Waals surface area (Å²) < 4.78 is 13.9. The third kappa shape index (κ3) is 3.55. The molecule has 0 bridgehead atoms. The van der Waals surface area contributed by atoms with Crippen molar-refractivity contribution in [1.29, 1.82) is 0 Å². The van der Waals surface area contributed by atoms with Crippen LogP contribution in [0, 0.1) is 11.7 Å². The van der Waals surface area contributed by atoms with Gasteiger partial charge in [-0.25, -0.2) is 4.39 Å². The highest BCUT2D eigenvalue weighted by molar-refractivity contribution is 5.96. The first-order valence-corrected chi connectivity index (χ1v) is 9.49. The van der Waals surface area contributed by atoms with E-state index in [0.29, 0.717) is 5.92 Å². The van der Waals surface area contributed by atoms with Crippen LogP contribution in [0.4, 0.5) is 10.1 Å². The highest BCUT2D eigenvalue weighted by Gasteiger charge is 2.23. The normalized spacial score (nSPS) is 23.3. The molecule has 0 saturated heterocycles. The molecule has 0 fully saturated rings. The molecule has 2 heterocycles. The molecule has 2 atom stereocenters. The van der Waals surface area contributed by atoms with E-state index in [9.17, 15) is 4.39 Å².